The molecule has 2 unspecified atom stereocenters. The van der Waals surface area contributed by atoms with E-state index in [1.165, 1.54) is 48.5 Å². The number of fused-ring (bicyclic) bond motifs is 1. The van der Waals surface area contributed by atoms with E-state index in [2.05, 4.69) is 0 Å². The van der Waals surface area contributed by atoms with Crippen LogP contribution in [-0.2, 0) is 0 Å². The lowest BCUT2D eigenvalue weighted by molar-refractivity contribution is 0.208. The molecule has 2 atom stereocenters. The second-order valence-corrected chi connectivity index (χ2v) is 7.68. The molecule has 3 heterocycles. The molecule has 0 saturated heterocycles. The van der Waals surface area contributed by atoms with Gasteiger partial charge in [-0.1, -0.05) is 6.07 Å². The van der Waals surface area contributed by atoms with Crippen molar-refractivity contribution >= 4 is 0 Å². The maximum absolute atomic E-state index is 13.1. The van der Waals surface area contributed by atoms with Crippen molar-refractivity contribution in [3.63, 3.8) is 0 Å². The minimum absolute atomic E-state index is 0.00179. The third-order valence-electron chi connectivity index (χ3n) is 5.49. The van der Waals surface area contributed by atoms with E-state index in [0.29, 0.717) is 5.56 Å². The van der Waals surface area contributed by atoms with Crippen molar-refractivity contribution in [2.24, 2.45) is 0 Å². The molecule has 0 amide bonds. The van der Waals surface area contributed by atoms with E-state index < -0.39 is 34.8 Å². The first kappa shape index (κ1) is 21.0. The van der Waals surface area contributed by atoms with Crippen molar-refractivity contribution in [2.45, 2.75) is 12.0 Å². The van der Waals surface area contributed by atoms with Crippen molar-refractivity contribution in [1.82, 2.24) is 0 Å². The highest BCUT2D eigenvalue weighted by molar-refractivity contribution is 5.64. The van der Waals surface area contributed by atoms with E-state index in [4.69, 9.17) is 13.6 Å². The van der Waals surface area contributed by atoms with Gasteiger partial charge in [0.1, 0.15) is 29.1 Å². The zero-order valence-corrected chi connectivity index (χ0v) is 17.1. The third kappa shape index (κ3) is 3.47. The number of hydrogen-bond acceptors (Lipinski definition) is 10. The summed E-state index contributed by atoms with van der Waals surface area (Å²) < 4.78 is 16.7. The van der Waals surface area contributed by atoms with Crippen molar-refractivity contribution in [2.75, 3.05) is 0 Å². The Balaban J connectivity index is 1.70. The van der Waals surface area contributed by atoms with E-state index >= 15 is 0 Å². The number of benzene rings is 2. The van der Waals surface area contributed by atoms with Gasteiger partial charge in [-0.05, 0) is 35.9 Å². The van der Waals surface area contributed by atoms with Crippen molar-refractivity contribution < 1.29 is 39.1 Å². The van der Waals surface area contributed by atoms with Gasteiger partial charge in [0.05, 0.1) is 17.5 Å². The monoisotopic (exact) mass is 464 g/mol. The van der Waals surface area contributed by atoms with Gasteiger partial charge in [0.25, 0.3) is 0 Å². The Morgan fingerprint density at radius 2 is 1.41 bits per heavy atom. The van der Waals surface area contributed by atoms with Gasteiger partial charge < -0.3 is 39.1 Å². The summed E-state index contributed by atoms with van der Waals surface area (Å²) in [7, 11) is 0. The van der Waals surface area contributed by atoms with Crippen LogP contribution in [0.5, 0.6) is 34.5 Å². The topological polar surface area (TPSA) is 171 Å². The van der Waals surface area contributed by atoms with E-state index in [-0.39, 0.29) is 45.6 Å². The molecule has 4 aromatic rings. The van der Waals surface area contributed by atoms with Gasteiger partial charge >= 0.3 is 11.3 Å². The molecular formula is C24H16O10. The maximum Gasteiger partial charge on any atom is 0.344 e. The molecule has 34 heavy (non-hydrogen) atoms. The maximum atomic E-state index is 13.1. The van der Waals surface area contributed by atoms with Crippen LogP contribution >= 0.6 is 0 Å². The highest BCUT2D eigenvalue weighted by atomic mass is 16.5. The van der Waals surface area contributed by atoms with Crippen LogP contribution in [0.4, 0.5) is 0 Å². The first-order valence-corrected chi connectivity index (χ1v) is 9.94. The summed E-state index contributed by atoms with van der Waals surface area (Å²) in [6.45, 7) is 0. The Morgan fingerprint density at radius 3 is 2.09 bits per heavy atom. The number of hydrogen-bond donors (Lipinski definition) is 5. The van der Waals surface area contributed by atoms with Gasteiger partial charge in [-0.2, -0.15) is 0 Å². The van der Waals surface area contributed by atoms with Crippen LogP contribution < -0.4 is 16.0 Å². The Morgan fingerprint density at radius 1 is 0.706 bits per heavy atom. The molecule has 1 aliphatic rings. The smallest absolute Gasteiger partial charge is 0.344 e. The quantitative estimate of drug-likeness (QED) is 0.284. The Labute approximate surface area is 189 Å². The molecule has 5 N–H and O–H groups in total. The van der Waals surface area contributed by atoms with Crippen LogP contribution in [0.3, 0.4) is 0 Å². The average Bonchev–Trinajstić information content (AvgIpc) is 3.17. The second-order valence-electron chi connectivity index (χ2n) is 7.68. The summed E-state index contributed by atoms with van der Waals surface area (Å²) in [4.78, 5) is 25.0. The minimum atomic E-state index is -1.04. The molecule has 5 rings (SSSR count). The highest BCUT2D eigenvalue weighted by Crippen LogP contribution is 2.50. The zero-order chi connectivity index (χ0) is 24.1. The molecule has 1 aliphatic heterocycles. The summed E-state index contributed by atoms with van der Waals surface area (Å²) in [5.41, 5.74) is -1.06. The van der Waals surface area contributed by atoms with Crippen molar-refractivity contribution in [3.05, 3.63) is 92.3 Å². The fraction of sp³-hybridized carbons (Fsp3) is 0.0833. The second kappa shape index (κ2) is 7.62. The zero-order valence-electron chi connectivity index (χ0n) is 17.1. The summed E-state index contributed by atoms with van der Waals surface area (Å²) in [5.74, 6) is -2.97. The highest BCUT2D eigenvalue weighted by Gasteiger charge is 2.42. The van der Waals surface area contributed by atoms with Crippen molar-refractivity contribution in [3.8, 4) is 45.8 Å². The van der Waals surface area contributed by atoms with Gasteiger partial charge in [0.2, 0.25) is 0 Å². The number of ether oxygens (including phenoxy) is 1. The largest absolute Gasteiger partial charge is 0.508 e. The van der Waals surface area contributed by atoms with Crippen LogP contribution in [0.1, 0.15) is 28.9 Å². The van der Waals surface area contributed by atoms with Gasteiger partial charge in [0, 0.05) is 17.7 Å². The lowest BCUT2D eigenvalue weighted by Crippen LogP contribution is -2.17. The Kier molecular flexibility index (Phi) is 4.71. The SMILES string of the molecule is O=c1cc(O)cc(C2c3c(cc(-c4ccc(O)c(O)c4)oc3=O)OC2c2ccc(O)c(O)c2)o1. The molecule has 0 radical (unpaired) electrons. The van der Waals surface area contributed by atoms with Gasteiger partial charge in [-0.25, -0.2) is 9.59 Å². The Bertz CT molecular complexity index is 1550. The minimum Gasteiger partial charge on any atom is -0.508 e. The van der Waals surface area contributed by atoms with Gasteiger partial charge in [-0.3, -0.25) is 0 Å². The lowest BCUT2D eigenvalue weighted by atomic mass is 9.89. The average molecular weight is 464 g/mol. The van der Waals surface area contributed by atoms with E-state index in [1.54, 1.807) is 0 Å². The molecule has 2 aromatic heterocycles. The molecular weight excluding hydrogens is 448 g/mol. The molecule has 0 saturated carbocycles. The molecule has 10 heteroatoms. The van der Waals surface area contributed by atoms with Crippen LogP contribution in [0, 0.1) is 0 Å². The molecule has 0 aliphatic carbocycles. The Hall–Kier alpha value is -4.86. The molecule has 0 spiro atoms. The van der Waals surface area contributed by atoms with E-state index in [9.17, 15) is 35.1 Å². The fourth-order valence-corrected chi connectivity index (χ4v) is 3.94. The van der Waals surface area contributed by atoms with Crippen LogP contribution in [0.15, 0.2) is 73.0 Å². The number of phenolic OH excluding ortho intramolecular Hbond substituents is 4. The first-order valence-electron chi connectivity index (χ1n) is 9.94. The first-order chi connectivity index (χ1) is 16.2. The van der Waals surface area contributed by atoms with E-state index in [0.717, 1.165) is 6.07 Å². The molecule has 0 bridgehead atoms. The standard InChI is InChI=1S/C24H16O10/c25-12-7-18(32-20(30)8-12)21-22-19(33-23(21)11-2-4-14(27)16(29)6-11)9-17(34-24(22)31)10-1-3-13(26)15(28)5-10/h1-9,21,23,25-29H. The lowest BCUT2D eigenvalue weighted by Gasteiger charge is -2.18. The summed E-state index contributed by atoms with van der Waals surface area (Å²) in [6.07, 6.45) is -1.00. The number of phenols is 4. The molecule has 0 fully saturated rings. The number of aromatic hydroxyl groups is 5. The summed E-state index contributed by atoms with van der Waals surface area (Å²) in [5, 5.41) is 48.9. The van der Waals surface area contributed by atoms with Crippen molar-refractivity contribution in [1.29, 1.82) is 0 Å². The van der Waals surface area contributed by atoms with Gasteiger partial charge in [0.15, 0.2) is 23.0 Å². The van der Waals surface area contributed by atoms with Crippen LogP contribution in [0.2, 0.25) is 0 Å². The molecule has 10 nitrogen and oxygen atoms in total. The normalized spacial score (nSPS) is 16.7. The predicted octanol–water partition coefficient (Wildman–Crippen LogP) is 3.05. The van der Waals surface area contributed by atoms with Crippen LogP contribution in [-0.4, -0.2) is 25.5 Å². The summed E-state index contributed by atoms with van der Waals surface area (Å²) >= 11 is 0. The van der Waals surface area contributed by atoms with Crippen LogP contribution in [0.25, 0.3) is 11.3 Å². The predicted molar refractivity (Wildman–Crippen MR) is 115 cm³/mol. The third-order valence-corrected chi connectivity index (χ3v) is 5.49. The molecule has 2 aromatic carbocycles. The fourth-order valence-electron chi connectivity index (χ4n) is 3.94. The van der Waals surface area contributed by atoms with E-state index in [1.807, 2.05) is 0 Å². The number of rotatable bonds is 3. The summed E-state index contributed by atoms with van der Waals surface area (Å²) in [6, 6.07) is 11.2. The van der Waals surface area contributed by atoms with Gasteiger partial charge in [-0.15, -0.1) is 0 Å². The molecule has 172 valence electrons.